The average molecular weight is 346 g/mol. The number of carbonyl (C=O) groups is 1. The van der Waals surface area contributed by atoms with Crippen molar-refractivity contribution < 1.29 is 14.3 Å². The van der Waals surface area contributed by atoms with E-state index in [0.717, 1.165) is 28.0 Å². The maximum atomic E-state index is 11.9. The normalized spacial score (nSPS) is 18.9. The summed E-state index contributed by atoms with van der Waals surface area (Å²) in [5.41, 5.74) is 4.01. The highest BCUT2D eigenvalue weighted by Crippen LogP contribution is 2.38. The Balaban J connectivity index is 1.70. The van der Waals surface area contributed by atoms with Crippen molar-refractivity contribution in [3.63, 3.8) is 0 Å². The molecular formula is C21H18N2O3. The number of ether oxygens (including phenoxy) is 2. The summed E-state index contributed by atoms with van der Waals surface area (Å²) in [5.74, 6) is 0.731. The molecule has 1 aromatic heterocycles. The zero-order valence-corrected chi connectivity index (χ0v) is 14.3. The molecule has 1 amide bonds. The van der Waals surface area contributed by atoms with Gasteiger partial charge in [0, 0.05) is 12.4 Å². The Labute approximate surface area is 151 Å². The van der Waals surface area contributed by atoms with Crippen LogP contribution in [0.4, 0.5) is 4.79 Å². The van der Waals surface area contributed by atoms with Gasteiger partial charge in [0.2, 0.25) is 0 Å². The van der Waals surface area contributed by atoms with Crippen molar-refractivity contribution in [1.29, 1.82) is 0 Å². The minimum Gasteiger partial charge on any atom is -0.497 e. The molecule has 1 aliphatic rings. The van der Waals surface area contributed by atoms with Crippen LogP contribution in [-0.2, 0) is 4.74 Å². The number of rotatable bonds is 4. The molecule has 0 unspecified atom stereocenters. The van der Waals surface area contributed by atoms with Crippen molar-refractivity contribution >= 4 is 6.09 Å². The molecule has 0 bridgehead atoms. The average Bonchev–Trinajstić information content (AvgIpc) is 3.11. The van der Waals surface area contributed by atoms with Gasteiger partial charge in [0.1, 0.15) is 5.75 Å². The van der Waals surface area contributed by atoms with Crippen LogP contribution >= 0.6 is 0 Å². The van der Waals surface area contributed by atoms with Crippen LogP contribution < -0.4 is 10.1 Å². The van der Waals surface area contributed by atoms with Gasteiger partial charge in [0.25, 0.3) is 0 Å². The van der Waals surface area contributed by atoms with E-state index < -0.39 is 12.2 Å². The molecule has 0 radical (unpaired) electrons. The Morgan fingerprint density at radius 1 is 0.962 bits per heavy atom. The first-order valence-corrected chi connectivity index (χ1v) is 8.36. The maximum absolute atomic E-state index is 11.9. The third-order valence-corrected chi connectivity index (χ3v) is 4.49. The van der Waals surface area contributed by atoms with E-state index >= 15 is 0 Å². The lowest BCUT2D eigenvalue weighted by molar-refractivity contribution is 0.132. The molecule has 3 aromatic rings. The van der Waals surface area contributed by atoms with Gasteiger partial charge in [-0.3, -0.25) is 4.98 Å². The summed E-state index contributed by atoms with van der Waals surface area (Å²) in [6, 6.07) is 19.3. The molecule has 1 aliphatic heterocycles. The molecule has 26 heavy (non-hydrogen) atoms. The van der Waals surface area contributed by atoms with Crippen molar-refractivity contribution in [3.8, 4) is 16.9 Å². The predicted molar refractivity (Wildman–Crippen MR) is 97.8 cm³/mol. The number of carbonyl (C=O) groups excluding carboxylic acids is 1. The number of aromatic nitrogens is 1. The quantitative estimate of drug-likeness (QED) is 0.766. The second-order valence-electron chi connectivity index (χ2n) is 6.09. The number of benzene rings is 2. The van der Waals surface area contributed by atoms with Gasteiger partial charge in [-0.2, -0.15) is 0 Å². The molecule has 1 saturated heterocycles. The highest BCUT2D eigenvalue weighted by Gasteiger charge is 2.36. The predicted octanol–water partition coefficient (Wildman–Crippen LogP) is 4.28. The second-order valence-corrected chi connectivity index (χ2v) is 6.09. The molecule has 130 valence electrons. The van der Waals surface area contributed by atoms with Crippen LogP contribution in [0, 0.1) is 0 Å². The zero-order chi connectivity index (χ0) is 17.9. The van der Waals surface area contributed by atoms with E-state index in [2.05, 4.69) is 16.4 Å². The van der Waals surface area contributed by atoms with Crippen molar-refractivity contribution in [1.82, 2.24) is 10.3 Å². The van der Waals surface area contributed by atoms with Gasteiger partial charge >= 0.3 is 6.09 Å². The smallest absolute Gasteiger partial charge is 0.408 e. The SMILES string of the molecule is COc1cccc([C@H]2OC(=O)N[C@@H]2c2cccc(-c3ccncc3)c2)c1. The van der Waals surface area contributed by atoms with Crippen LogP contribution in [0.15, 0.2) is 73.1 Å². The fraction of sp³-hybridized carbons (Fsp3) is 0.143. The Morgan fingerprint density at radius 3 is 2.54 bits per heavy atom. The molecule has 2 aromatic carbocycles. The molecule has 0 aliphatic carbocycles. The van der Waals surface area contributed by atoms with Gasteiger partial charge in [-0.25, -0.2) is 4.79 Å². The summed E-state index contributed by atoms with van der Waals surface area (Å²) in [5, 5.41) is 2.92. The summed E-state index contributed by atoms with van der Waals surface area (Å²) < 4.78 is 10.8. The third-order valence-electron chi connectivity index (χ3n) is 4.49. The number of pyridine rings is 1. The molecule has 2 heterocycles. The lowest BCUT2D eigenvalue weighted by atomic mass is 9.94. The van der Waals surface area contributed by atoms with E-state index in [4.69, 9.17) is 9.47 Å². The van der Waals surface area contributed by atoms with E-state index in [1.54, 1.807) is 19.5 Å². The van der Waals surface area contributed by atoms with Crippen LogP contribution in [0.3, 0.4) is 0 Å². The first-order valence-electron chi connectivity index (χ1n) is 8.36. The minimum atomic E-state index is -0.419. The number of alkyl carbamates (subject to hydrolysis) is 1. The van der Waals surface area contributed by atoms with E-state index in [0.29, 0.717) is 0 Å². The maximum Gasteiger partial charge on any atom is 0.408 e. The van der Waals surface area contributed by atoms with Crippen LogP contribution in [-0.4, -0.2) is 18.2 Å². The van der Waals surface area contributed by atoms with E-state index in [1.165, 1.54) is 0 Å². The monoisotopic (exact) mass is 346 g/mol. The summed E-state index contributed by atoms with van der Waals surface area (Å²) >= 11 is 0. The fourth-order valence-electron chi connectivity index (χ4n) is 3.21. The van der Waals surface area contributed by atoms with Gasteiger partial charge in [-0.1, -0.05) is 30.3 Å². The van der Waals surface area contributed by atoms with Crippen LogP contribution in [0.5, 0.6) is 5.75 Å². The summed E-state index contributed by atoms with van der Waals surface area (Å²) in [7, 11) is 1.62. The fourth-order valence-corrected chi connectivity index (χ4v) is 3.21. The first-order chi connectivity index (χ1) is 12.7. The molecule has 2 atom stereocenters. The molecular weight excluding hydrogens is 328 g/mol. The third kappa shape index (κ3) is 3.11. The molecule has 1 fully saturated rings. The highest BCUT2D eigenvalue weighted by atomic mass is 16.6. The Kier molecular flexibility index (Phi) is 4.27. The topological polar surface area (TPSA) is 60.5 Å². The van der Waals surface area contributed by atoms with Crippen LogP contribution in [0.25, 0.3) is 11.1 Å². The number of hydrogen-bond donors (Lipinski definition) is 1. The summed E-state index contributed by atoms with van der Waals surface area (Å²) in [4.78, 5) is 16.0. The lowest BCUT2D eigenvalue weighted by Crippen LogP contribution is -2.19. The zero-order valence-electron chi connectivity index (χ0n) is 14.3. The Hall–Kier alpha value is -3.34. The van der Waals surface area contributed by atoms with Gasteiger partial charge in [0.15, 0.2) is 6.10 Å². The largest absolute Gasteiger partial charge is 0.497 e. The number of nitrogens with one attached hydrogen (secondary N) is 1. The summed E-state index contributed by atoms with van der Waals surface area (Å²) in [6.45, 7) is 0. The van der Waals surface area contributed by atoms with Crippen LogP contribution in [0.1, 0.15) is 23.3 Å². The molecule has 5 heteroatoms. The van der Waals surface area contributed by atoms with Crippen molar-refractivity contribution in [2.24, 2.45) is 0 Å². The molecule has 5 nitrogen and oxygen atoms in total. The number of nitrogens with zero attached hydrogens (tertiary/aromatic N) is 1. The molecule has 0 saturated carbocycles. The standard InChI is InChI=1S/C21H18N2O3/c1-25-18-7-3-6-17(13-18)20-19(23-21(24)26-20)16-5-2-4-15(12-16)14-8-10-22-11-9-14/h2-13,19-20H,1H3,(H,23,24)/t19-,20-/m1/s1. The molecule has 0 spiro atoms. The summed E-state index contributed by atoms with van der Waals surface area (Å²) in [6.07, 6.45) is 2.70. The first kappa shape index (κ1) is 16.1. The van der Waals surface area contributed by atoms with Gasteiger partial charge < -0.3 is 14.8 Å². The van der Waals surface area contributed by atoms with Gasteiger partial charge in [-0.05, 0) is 52.6 Å². The number of amides is 1. The van der Waals surface area contributed by atoms with E-state index in [-0.39, 0.29) is 6.04 Å². The van der Waals surface area contributed by atoms with Gasteiger partial charge in [-0.15, -0.1) is 0 Å². The van der Waals surface area contributed by atoms with Gasteiger partial charge in [0.05, 0.1) is 13.2 Å². The minimum absolute atomic E-state index is 0.267. The number of methoxy groups -OCH3 is 1. The Morgan fingerprint density at radius 2 is 1.73 bits per heavy atom. The lowest BCUT2D eigenvalue weighted by Gasteiger charge is -2.19. The highest BCUT2D eigenvalue weighted by molar-refractivity contribution is 5.72. The molecule has 1 N–H and O–H groups in total. The van der Waals surface area contributed by atoms with Crippen molar-refractivity contribution in [2.45, 2.75) is 12.1 Å². The number of hydrogen-bond acceptors (Lipinski definition) is 4. The van der Waals surface area contributed by atoms with Crippen LogP contribution in [0.2, 0.25) is 0 Å². The van der Waals surface area contributed by atoms with Crippen molar-refractivity contribution in [3.05, 3.63) is 84.2 Å². The van der Waals surface area contributed by atoms with E-state index in [1.807, 2.05) is 54.6 Å². The van der Waals surface area contributed by atoms with Crippen molar-refractivity contribution in [2.75, 3.05) is 7.11 Å². The van der Waals surface area contributed by atoms with E-state index in [9.17, 15) is 4.79 Å². The Bertz CT molecular complexity index is 927. The second kappa shape index (κ2) is 6.88. The molecule has 4 rings (SSSR count). The number of cyclic esters (lactones) is 1.